The first-order chi connectivity index (χ1) is 11.6. The molecule has 24 heavy (non-hydrogen) atoms. The Morgan fingerprint density at radius 2 is 2.29 bits per heavy atom. The molecule has 0 aliphatic carbocycles. The second-order valence-electron chi connectivity index (χ2n) is 6.47. The van der Waals surface area contributed by atoms with E-state index in [4.69, 9.17) is 4.98 Å². The number of nitrogens with one attached hydrogen (secondary N) is 1. The molecule has 5 heteroatoms. The van der Waals surface area contributed by atoms with Crippen LogP contribution < -0.4 is 5.32 Å². The van der Waals surface area contributed by atoms with Gasteiger partial charge in [-0.3, -0.25) is 19.7 Å². The summed E-state index contributed by atoms with van der Waals surface area (Å²) in [5.74, 6) is 0.0111. The van der Waals surface area contributed by atoms with Crippen molar-refractivity contribution >= 4 is 11.6 Å². The number of hydrogen-bond acceptors (Lipinski definition) is 4. The second kappa shape index (κ2) is 7.53. The van der Waals surface area contributed by atoms with E-state index in [0.29, 0.717) is 12.5 Å². The molecule has 3 rings (SSSR count). The largest absolute Gasteiger partial charge is 0.325 e. The zero-order chi connectivity index (χ0) is 16.9. The minimum absolute atomic E-state index is 0.0111. The van der Waals surface area contributed by atoms with E-state index in [-0.39, 0.29) is 5.91 Å². The quantitative estimate of drug-likeness (QED) is 0.918. The van der Waals surface area contributed by atoms with Gasteiger partial charge in [-0.25, -0.2) is 0 Å². The fraction of sp³-hybridized carbons (Fsp3) is 0.421. The highest BCUT2D eigenvalue weighted by Crippen LogP contribution is 2.29. The lowest BCUT2D eigenvalue weighted by molar-refractivity contribution is -0.116. The van der Waals surface area contributed by atoms with Crippen LogP contribution >= 0.6 is 0 Å². The number of aromatic nitrogens is 2. The van der Waals surface area contributed by atoms with Crippen LogP contribution in [0.2, 0.25) is 0 Å². The van der Waals surface area contributed by atoms with E-state index in [1.54, 1.807) is 12.4 Å². The summed E-state index contributed by atoms with van der Waals surface area (Å²) in [5.41, 5.74) is 4.08. The molecular weight excluding hydrogens is 300 g/mol. The van der Waals surface area contributed by atoms with Gasteiger partial charge in [0, 0.05) is 18.3 Å². The molecule has 0 saturated carbocycles. The molecular formula is C19H24N4O. The van der Waals surface area contributed by atoms with Crippen molar-refractivity contribution in [1.29, 1.82) is 0 Å². The van der Waals surface area contributed by atoms with Gasteiger partial charge in [-0.15, -0.1) is 0 Å². The summed E-state index contributed by atoms with van der Waals surface area (Å²) >= 11 is 0. The van der Waals surface area contributed by atoms with E-state index in [1.807, 2.05) is 19.1 Å². The van der Waals surface area contributed by atoms with Crippen molar-refractivity contribution in [3.63, 3.8) is 0 Å². The predicted octanol–water partition coefficient (Wildman–Crippen LogP) is 3.12. The van der Waals surface area contributed by atoms with Crippen LogP contribution in [0.5, 0.6) is 0 Å². The molecule has 3 heterocycles. The average molecular weight is 324 g/mol. The molecule has 5 nitrogen and oxygen atoms in total. The number of hydrogen-bond donors (Lipinski definition) is 1. The van der Waals surface area contributed by atoms with Crippen molar-refractivity contribution in [1.82, 2.24) is 14.9 Å². The number of pyridine rings is 2. The van der Waals surface area contributed by atoms with Gasteiger partial charge in [0.25, 0.3) is 0 Å². The molecule has 2 aromatic heterocycles. The molecule has 0 unspecified atom stereocenters. The van der Waals surface area contributed by atoms with E-state index in [2.05, 4.69) is 34.4 Å². The van der Waals surface area contributed by atoms with Crippen LogP contribution in [0.1, 0.15) is 42.3 Å². The molecule has 0 radical (unpaired) electrons. The van der Waals surface area contributed by atoms with Crippen LogP contribution in [0.4, 0.5) is 5.69 Å². The van der Waals surface area contributed by atoms with E-state index in [0.717, 1.165) is 36.5 Å². The van der Waals surface area contributed by atoms with Crippen molar-refractivity contribution < 1.29 is 4.79 Å². The Balaban J connectivity index is 1.62. The molecule has 1 aliphatic heterocycles. The van der Waals surface area contributed by atoms with Crippen molar-refractivity contribution in [3.8, 4) is 0 Å². The standard InChI is InChI=1S/C19H24N4O/c1-14-11-15(12-17(21-14)18-6-4-10-23(18)2)7-8-19(24)22-16-5-3-9-20-13-16/h3,5,9,11-13,18H,4,6-8,10H2,1-2H3,(H,22,24)/t18-/m0/s1. The Bertz CT molecular complexity index is 702. The number of amides is 1. The SMILES string of the molecule is Cc1cc(CCC(=O)Nc2cccnc2)cc([C@@H]2CCCN2C)n1. The number of aryl methyl sites for hydroxylation is 2. The number of carbonyl (C=O) groups is 1. The Morgan fingerprint density at radius 1 is 1.42 bits per heavy atom. The lowest BCUT2D eigenvalue weighted by atomic mass is 10.0. The summed E-state index contributed by atoms with van der Waals surface area (Å²) in [4.78, 5) is 23.2. The Labute approximate surface area is 143 Å². The smallest absolute Gasteiger partial charge is 0.224 e. The van der Waals surface area contributed by atoms with Crippen molar-refractivity contribution in [2.45, 2.75) is 38.6 Å². The van der Waals surface area contributed by atoms with Crippen LogP contribution in [-0.2, 0) is 11.2 Å². The monoisotopic (exact) mass is 324 g/mol. The Morgan fingerprint density at radius 3 is 3.00 bits per heavy atom. The fourth-order valence-corrected chi connectivity index (χ4v) is 3.29. The first-order valence-corrected chi connectivity index (χ1v) is 8.49. The maximum Gasteiger partial charge on any atom is 0.224 e. The van der Waals surface area contributed by atoms with E-state index >= 15 is 0 Å². The number of anilines is 1. The third kappa shape index (κ3) is 4.17. The molecule has 0 spiro atoms. The number of carbonyl (C=O) groups excluding carboxylic acids is 1. The maximum absolute atomic E-state index is 12.1. The van der Waals surface area contributed by atoms with E-state index < -0.39 is 0 Å². The second-order valence-corrected chi connectivity index (χ2v) is 6.47. The minimum atomic E-state index is 0.0111. The third-order valence-electron chi connectivity index (χ3n) is 4.48. The molecule has 1 N–H and O–H groups in total. The van der Waals surface area contributed by atoms with Gasteiger partial charge in [-0.05, 0) is 69.6 Å². The number of likely N-dealkylation sites (tertiary alicyclic amines) is 1. The van der Waals surface area contributed by atoms with Crippen LogP contribution in [0, 0.1) is 6.92 Å². The van der Waals surface area contributed by atoms with Gasteiger partial charge in [-0.1, -0.05) is 0 Å². The highest BCUT2D eigenvalue weighted by Gasteiger charge is 2.24. The summed E-state index contributed by atoms with van der Waals surface area (Å²) in [6.07, 6.45) is 6.91. The van der Waals surface area contributed by atoms with Crippen molar-refractivity contribution in [2.75, 3.05) is 18.9 Å². The van der Waals surface area contributed by atoms with Gasteiger partial charge in [-0.2, -0.15) is 0 Å². The number of nitrogens with zero attached hydrogens (tertiary/aromatic N) is 3. The lowest BCUT2D eigenvalue weighted by Crippen LogP contribution is -2.19. The average Bonchev–Trinajstić information content (AvgIpc) is 2.99. The summed E-state index contributed by atoms with van der Waals surface area (Å²) in [6.45, 7) is 3.15. The predicted molar refractivity (Wildman–Crippen MR) is 94.8 cm³/mol. The first kappa shape index (κ1) is 16.6. The summed E-state index contributed by atoms with van der Waals surface area (Å²) < 4.78 is 0. The van der Waals surface area contributed by atoms with Crippen LogP contribution in [0.3, 0.4) is 0 Å². The summed E-state index contributed by atoms with van der Waals surface area (Å²) in [6, 6.07) is 8.31. The molecule has 1 saturated heterocycles. The van der Waals surface area contributed by atoms with Crippen LogP contribution in [0.15, 0.2) is 36.7 Å². The third-order valence-corrected chi connectivity index (χ3v) is 4.48. The molecule has 1 atom stereocenters. The van der Waals surface area contributed by atoms with Gasteiger partial charge in [0.1, 0.15) is 0 Å². The van der Waals surface area contributed by atoms with Gasteiger partial charge in [0.15, 0.2) is 0 Å². The molecule has 0 bridgehead atoms. The molecule has 1 fully saturated rings. The molecule has 1 amide bonds. The van der Waals surface area contributed by atoms with E-state index in [1.165, 1.54) is 12.0 Å². The molecule has 0 aromatic carbocycles. The molecule has 126 valence electrons. The van der Waals surface area contributed by atoms with Gasteiger partial charge in [0.05, 0.1) is 23.6 Å². The first-order valence-electron chi connectivity index (χ1n) is 8.49. The van der Waals surface area contributed by atoms with Crippen molar-refractivity contribution in [2.24, 2.45) is 0 Å². The fourth-order valence-electron chi connectivity index (χ4n) is 3.29. The topological polar surface area (TPSA) is 58.1 Å². The van der Waals surface area contributed by atoms with Crippen molar-refractivity contribution in [3.05, 3.63) is 53.6 Å². The Kier molecular flexibility index (Phi) is 5.20. The number of rotatable bonds is 5. The Hall–Kier alpha value is -2.27. The van der Waals surface area contributed by atoms with Gasteiger partial charge < -0.3 is 5.32 Å². The minimum Gasteiger partial charge on any atom is -0.325 e. The van der Waals surface area contributed by atoms with Gasteiger partial charge in [0.2, 0.25) is 5.91 Å². The highest BCUT2D eigenvalue weighted by molar-refractivity contribution is 5.90. The zero-order valence-corrected chi connectivity index (χ0v) is 14.3. The maximum atomic E-state index is 12.1. The summed E-state index contributed by atoms with van der Waals surface area (Å²) in [5, 5.41) is 2.88. The van der Waals surface area contributed by atoms with Crippen LogP contribution in [0.25, 0.3) is 0 Å². The summed E-state index contributed by atoms with van der Waals surface area (Å²) in [7, 11) is 2.16. The normalized spacial score (nSPS) is 17.8. The van der Waals surface area contributed by atoms with Gasteiger partial charge >= 0.3 is 0 Å². The highest BCUT2D eigenvalue weighted by atomic mass is 16.1. The van der Waals surface area contributed by atoms with E-state index in [9.17, 15) is 4.79 Å². The molecule has 2 aromatic rings. The van der Waals surface area contributed by atoms with Crippen LogP contribution in [-0.4, -0.2) is 34.4 Å². The lowest BCUT2D eigenvalue weighted by Gasteiger charge is -2.20. The molecule has 1 aliphatic rings. The zero-order valence-electron chi connectivity index (χ0n) is 14.3.